The molecule has 1 aromatic carbocycles. The molecule has 6 nitrogen and oxygen atoms in total. The number of guanidine groups is 1. The Morgan fingerprint density at radius 3 is 2.60 bits per heavy atom. The van der Waals surface area contributed by atoms with E-state index in [0.29, 0.717) is 12.0 Å². The van der Waals surface area contributed by atoms with Crippen LogP contribution < -0.4 is 10.6 Å². The number of halogens is 1. The molecule has 0 aliphatic carbocycles. The fourth-order valence-corrected chi connectivity index (χ4v) is 3.41. The summed E-state index contributed by atoms with van der Waals surface area (Å²) in [7, 11) is 4.01. The minimum absolute atomic E-state index is 0. The molecule has 1 aliphatic rings. The van der Waals surface area contributed by atoms with Crippen LogP contribution in [-0.4, -0.2) is 70.5 Å². The molecule has 1 heterocycles. The zero-order valence-corrected chi connectivity index (χ0v) is 21.3. The molecule has 2 rings (SSSR count). The van der Waals surface area contributed by atoms with Crippen molar-refractivity contribution in [3.05, 3.63) is 35.9 Å². The monoisotopic (exact) mass is 532 g/mol. The molecule has 0 saturated carbocycles. The van der Waals surface area contributed by atoms with Crippen LogP contribution in [-0.2, 0) is 16.0 Å². The third-order valence-corrected chi connectivity index (χ3v) is 5.56. The number of hydrogen-bond donors (Lipinski definition) is 2. The van der Waals surface area contributed by atoms with Crippen molar-refractivity contribution in [1.82, 2.24) is 15.5 Å². The second-order valence-corrected chi connectivity index (χ2v) is 7.95. The average molecular weight is 533 g/mol. The highest BCUT2D eigenvalue weighted by molar-refractivity contribution is 14.0. The number of benzene rings is 1. The van der Waals surface area contributed by atoms with Gasteiger partial charge in [0.1, 0.15) is 0 Å². The van der Waals surface area contributed by atoms with Gasteiger partial charge in [-0.2, -0.15) is 0 Å². The fraction of sp³-hybridized carbons (Fsp3) is 0.696. The van der Waals surface area contributed by atoms with Crippen molar-refractivity contribution in [2.75, 3.05) is 53.6 Å². The predicted molar refractivity (Wildman–Crippen MR) is 136 cm³/mol. The van der Waals surface area contributed by atoms with E-state index < -0.39 is 0 Å². The van der Waals surface area contributed by atoms with Crippen LogP contribution in [0.4, 0.5) is 0 Å². The van der Waals surface area contributed by atoms with Gasteiger partial charge >= 0.3 is 0 Å². The summed E-state index contributed by atoms with van der Waals surface area (Å²) in [6.07, 6.45) is 4.32. The molecule has 30 heavy (non-hydrogen) atoms. The first-order valence-electron chi connectivity index (χ1n) is 11.0. The van der Waals surface area contributed by atoms with Gasteiger partial charge in [0.25, 0.3) is 0 Å². The molecule has 1 atom stereocenters. The smallest absolute Gasteiger partial charge is 0.190 e. The van der Waals surface area contributed by atoms with Crippen LogP contribution >= 0.6 is 24.0 Å². The van der Waals surface area contributed by atoms with E-state index in [9.17, 15) is 0 Å². The summed E-state index contributed by atoms with van der Waals surface area (Å²) in [5, 5.41) is 6.80. The zero-order chi connectivity index (χ0) is 20.7. The van der Waals surface area contributed by atoms with E-state index in [1.807, 2.05) is 7.05 Å². The molecule has 1 unspecified atom stereocenters. The molecule has 1 saturated heterocycles. The Kier molecular flexibility index (Phi) is 15.2. The topological polar surface area (TPSA) is 58.1 Å². The lowest BCUT2D eigenvalue weighted by Gasteiger charge is -2.25. The van der Waals surface area contributed by atoms with Gasteiger partial charge in [-0.25, -0.2) is 0 Å². The highest BCUT2D eigenvalue weighted by atomic mass is 127. The number of ether oxygens (including phenoxy) is 2. The molecular weight excluding hydrogens is 491 g/mol. The van der Waals surface area contributed by atoms with Crippen LogP contribution in [0.2, 0.25) is 0 Å². The van der Waals surface area contributed by atoms with E-state index in [1.165, 1.54) is 5.56 Å². The lowest BCUT2D eigenvalue weighted by Crippen LogP contribution is -2.40. The minimum Gasteiger partial charge on any atom is -0.381 e. The largest absolute Gasteiger partial charge is 0.381 e. The Bertz CT molecular complexity index is 568. The van der Waals surface area contributed by atoms with Crippen LogP contribution in [0, 0.1) is 5.92 Å². The number of hydrogen-bond acceptors (Lipinski definition) is 4. The molecule has 1 aliphatic heterocycles. The summed E-state index contributed by atoms with van der Waals surface area (Å²) >= 11 is 0. The molecule has 2 N–H and O–H groups in total. The van der Waals surface area contributed by atoms with Crippen molar-refractivity contribution < 1.29 is 9.47 Å². The van der Waals surface area contributed by atoms with Crippen molar-refractivity contribution in [3.8, 4) is 0 Å². The quantitative estimate of drug-likeness (QED) is 0.187. The maximum atomic E-state index is 5.81. The number of nitrogens with one attached hydrogen (secondary N) is 2. The van der Waals surface area contributed by atoms with E-state index >= 15 is 0 Å². The van der Waals surface area contributed by atoms with Gasteiger partial charge in [-0.05, 0) is 51.1 Å². The molecule has 0 radical (unpaired) electrons. The molecule has 0 amide bonds. The maximum absolute atomic E-state index is 5.81. The van der Waals surface area contributed by atoms with Crippen molar-refractivity contribution in [2.24, 2.45) is 10.9 Å². The minimum atomic E-state index is 0. The van der Waals surface area contributed by atoms with Crippen LogP contribution in [0.25, 0.3) is 0 Å². The average Bonchev–Trinajstić information content (AvgIpc) is 2.76. The molecule has 1 fully saturated rings. The number of aliphatic imine (C=N–C) groups is 1. The first kappa shape index (κ1) is 27.1. The zero-order valence-electron chi connectivity index (χ0n) is 18.9. The third kappa shape index (κ3) is 11.5. The van der Waals surface area contributed by atoms with Crippen LogP contribution in [0.3, 0.4) is 0 Å². The normalized spacial score (nSPS) is 16.2. The summed E-state index contributed by atoms with van der Waals surface area (Å²) in [6.45, 7) is 8.46. The lowest BCUT2D eigenvalue weighted by molar-refractivity contribution is 0.0203. The Morgan fingerprint density at radius 2 is 1.90 bits per heavy atom. The first-order valence-corrected chi connectivity index (χ1v) is 11.0. The summed E-state index contributed by atoms with van der Waals surface area (Å²) in [4.78, 5) is 6.71. The van der Waals surface area contributed by atoms with Gasteiger partial charge in [-0.3, -0.25) is 9.89 Å². The van der Waals surface area contributed by atoms with Crippen molar-refractivity contribution in [3.63, 3.8) is 0 Å². The Hall–Kier alpha value is -0.900. The summed E-state index contributed by atoms with van der Waals surface area (Å²) < 4.78 is 11.2. The Labute approximate surface area is 200 Å². The van der Waals surface area contributed by atoms with Gasteiger partial charge in [-0.15, -0.1) is 24.0 Å². The van der Waals surface area contributed by atoms with E-state index in [1.54, 1.807) is 0 Å². The van der Waals surface area contributed by atoms with Gasteiger partial charge in [0.15, 0.2) is 5.96 Å². The van der Waals surface area contributed by atoms with Crippen LogP contribution in [0.5, 0.6) is 0 Å². The molecule has 0 spiro atoms. The van der Waals surface area contributed by atoms with Gasteiger partial charge in [0.05, 0.1) is 0 Å². The summed E-state index contributed by atoms with van der Waals surface area (Å²) in [6, 6.07) is 11.1. The van der Waals surface area contributed by atoms with Crippen LogP contribution in [0.15, 0.2) is 35.3 Å². The second kappa shape index (κ2) is 16.8. The SMILES string of the molecule is CN=C(NCCCOCC1CCOCC1)NCCC(C)N(C)Cc1ccccc1.I. The second-order valence-electron chi connectivity index (χ2n) is 7.95. The highest BCUT2D eigenvalue weighted by Crippen LogP contribution is 2.14. The van der Waals surface area contributed by atoms with E-state index in [-0.39, 0.29) is 24.0 Å². The predicted octanol–water partition coefficient (Wildman–Crippen LogP) is 3.51. The van der Waals surface area contributed by atoms with Gasteiger partial charge in [0.2, 0.25) is 0 Å². The van der Waals surface area contributed by atoms with Gasteiger partial charge < -0.3 is 20.1 Å². The Balaban J connectivity index is 0.00000450. The molecular formula is C23H41IN4O2. The summed E-state index contributed by atoms with van der Waals surface area (Å²) in [5.74, 6) is 1.54. The summed E-state index contributed by atoms with van der Waals surface area (Å²) in [5.41, 5.74) is 1.35. The lowest BCUT2D eigenvalue weighted by atomic mass is 10.0. The molecule has 0 bridgehead atoms. The number of rotatable bonds is 12. The van der Waals surface area contributed by atoms with Crippen molar-refractivity contribution >= 4 is 29.9 Å². The molecule has 7 heteroatoms. The standard InChI is InChI=1S/C23H40N4O2.HI/c1-20(27(3)18-21-8-5-4-6-9-21)10-14-26-23(24-2)25-13-7-15-29-19-22-11-16-28-17-12-22;/h4-6,8-9,20,22H,7,10-19H2,1-3H3,(H2,24,25,26);1H. The van der Waals surface area contributed by atoms with Crippen molar-refractivity contribution in [1.29, 1.82) is 0 Å². The Morgan fingerprint density at radius 1 is 1.20 bits per heavy atom. The van der Waals surface area contributed by atoms with E-state index in [0.717, 1.165) is 77.7 Å². The molecule has 172 valence electrons. The van der Waals surface area contributed by atoms with E-state index in [4.69, 9.17) is 9.47 Å². The highest BCUT2D eigenvalue weighted by Gasteiger charge is 2.13. The third-order valence-electron chi connectivity index (χ3n) is 5.56. The maximum Gasteiger partial charge on any atom is 0.190 e. The van der Waals surface area contributed by atoms with E-state index in [2.05, 4.69) is 64.8 Å². The first-order chi connectivity index (χ1) is 14.2. The van der Waals surface area contributed by atoms with Gasteiger partial charge in [-0.1, -0.05) is 30.3 Å². The molecule has 1 aromatic rings. The fourth-order valence-electron chi connectivity index (χ4n) is 3.41. The molecule has 0 aromatic heterocycles. The number of nitrogens with zero attached hydrogens (tertiary/aromatic N) is 2. The van der Waals surface area contributed by atoms with Crippen molar-refractivity contribution in [2.45, 2.75) is 45.2 Å². The van der Waals surface area contributed by atoms with Gasteiger partial charge in [0, 0.05) is 59.2 Å². The van der Waals surface area contributed by atoms with Crippen LogP contribution in [0.1, 0.15) is 38.2 Å².